The Balaban J connectivity index is 1.65. The molecule has 104 valence electrons. The van der Waals surface area contributed by atoms with E-state index in [1.54, 1.807) is 0 Å². The van der Waals surface area contributed by atoms with Gasteiger partial charge in [-0.1, -0.05) is 12.8 Å². The third-order valence-electron chi connectivity index (χ3n) is 4.57. The molecule has 0 amide bonds. The molecule has 2 heterocycles. The Hall–Kier alpha value is -1.84. The van der Waals surface area contributed by atoms with Gasteiger partial charge in [-0.15, -0.1) is 0 Å². The quantitative estimate of drug-likeness (QED) is 0.926. The first kappa shape index (κ1) is 11.9. The van der Waals surface area contributed by atoms with E-state index >= 15 is 0 Å². The van der Waals surface area contributed by atoms with Crippen LogP contribution in [0.15, 0.2) is 24.5 Å². The Morgan fingerprint density at radius 3 is 2.70 bits per heavy atom. The van der Waals surface area contributed by atoms with Crippen LogP contribution in [0.5, 0.6) is 0 Å². The number of nitrogens with zero attached hydrogens (tertiary/aromatic N) is 3. The molecule has 0 saturated heterocycles. The molecule has 0 aliphatic heterocycles. The highest BCUT2D eigenvalue weighted by molar-refractivity contribution is 5.62. The molecule has 0 unspecified atom stereocenters. The predicted octanol–water partition coefficient (Wildman–Crippen LogP) is 3.52. The number of nitrogens with two attached hydrogens (primary N) is 1. The molecule has 2 aliphatic carbocycles. The van der Waals surface area contributed by atoms with Gasteiger partial charge >= 0.3 is 0 Å². The summed E-state index contributed by atoms with van der Waals surface area (Å²) in [5, 5.41) is 4.75. The molecule has 4 rings (SSSR count). The maximum atomic E-state index is 5.98. The lowest BCUT2D eigenvalue weighted by Gasteiger charge is -2.09. The van der Waals surface area contributed by atoms with Gasteiger partial charge in [0.25, 0.3) is 0 Å². The number of pyridine rings is 1. The zero-order chi connectivity index (χ0) is 13.5. The van der Waals surface area contributed by atoms with Crippen LogP contribution in [0, 0.1) is 0 Å². The van der Waals surface area contributed by atoms with Gasteiger partial charge in [0, 0.05) is 18.0 Å². The largest absolute Gasteiger partial charge is 0.383 e. The molecular weight excluding hydrogens is 248 g/mol. The number of hydrogen-bond acceptors (Lipinski definition) is 3. The third kappa shape index (κ3) is 2.09. The minimum atomic E-state index is 0.591. The lowest BCUT2D eigenvalue weighted by Crippen LogP contribution is -2.05. The normalized spacial score (nSPS) is 19.6. The Bertz CT molecular complexity index is 621. The lowest BCUT2D eigenvalue weighted by atomic mass is 10.1. The fraction of sp³-hybridized carbons (Fsp3) is 0.500. The number of anilines is 1. The van der Waals surface area contributed by atoms with Crippen molar-refractivity contribution in [3.8, 4) is 11.3 Å². The van der Waals surface area contributed by atoms with Gasteiger partial charge in [0.15, 0.2) is 0 Å². The van der Waals surface area contributed by atoms with Crippen molar-refractivity contribution in [2.45, 2.75) is 50.5 Å². The van der Waals surface area contributed by atoms with Gasteiger partial charge in [-0.25, -0.2) is 4.98 Å². The highest BCUT2D eigenvalue weighted by atomic mass is 15.3. The van der Waals surface area contributed by atoms with Crippen LogP contribution >= 0.6 is 0 Å². The molecule has 0 radical (unpaired) electrons. The molecule has 0 aromatic carbocycles. The van der Waals surface area contributed by atoms with E-state index in [-0.39, 0.29) is 0 Å². The Morgan fingerprint density at radius 2 is 1.95 bits per heavy atom. The van der Waals surface area contributed by atoms with Gasteiger partial charge in [0.1, 0.15) is 5.82 Å². The van der Waals surface area contributed by atoms with Gasteiger partial charge in [0.2, 0.25) is 0 Å². The fourth-order valence-corrected chi connectivity index (χ4v) is 3.22. The molecule has 0 bridgehead atoms. The zero-order valence-electron chi connectivity index (χ0n) is 11.6. The smallest absolute Gasteiger partial charge is 0.126 e. The van der Waals surface area contributed by atoms with Crippen LogP contribution in [0.3, 0.4) is 0 Å². The summed E-state index contributed by atoms with van der Waals surface area (Å²) < 4.78 is 2.13. The summed E-state index contributed by atoms with van der Waals surface area (Å²) in [6, 6.07) is 4.87. The van der Waals surface area contributed by atoms with E-state index in [9.17, 15) is 0 Å². The molecule has 20 heavy (non-hydrogen) atoms. The number of aromatic nitrogens is 3. The third-order valence-corrected chi connectivity index (χ3v) is 4.57. The van der Waals surface area contributed by atoms with Crippen molar-refractivity contribution in [2.24, 2.45) is 0 Å². The maximum Gasteiger partial charge on any atom is 0.126 e. The summed E-state index contributed by atoms with van der Waals surface area (Å²) >= 11 is 0. The van der Waals surface area contributed by atoms with Crippen molar-refractivity contribution >= 4 is 5.82 Å². The SMILES string of the molecule is Nc1ncc(-c2ccn(C3CCCC3)n2)cc1C1CC1. The van der Waals surface area contributed by atoms with Gasteiger partial charge in [-0.05, 0) is 49.3 Å². The highest BCUT2D eigenvalue weighted by Gasteiger charge is 2.26. The summed E-state index contributed by atoms with van der Waals surface area (Å²) in [6.07, 6.45) is 11.6. The molecule has 2 fully saturated rings. The second-order valence-electron chi connectivity index (χ2n) is 6.09. The van der Waals surface area contributed by atoms with Crippen molar-refractivity contribution in [3.05, 3.63) is 30.1 Å². The highest BCUT2D eigenvalue weighted by Crippen LogP contribution is 2.43. The molecule has 2 aromatic rings. The summed E-state index contributed by atoms with van der Waals surface area (Å²) in [7, 11) is 0. The predicted molar refractivity (Wildman–Crippen MR) is 79.4 cm³/mol. The van der Waals surface area contributed by atoms with Crippen molar-refractivity contribution in [2.75, 3.05) is 5.73 Å². The second kappa shape index (κ2) is 4.62. The topological polar surface area (TPSA) is 56.7 Å². The van der Waals surface area contributed by atoms with Gasteiger partial charge in [-0.3, -0.25) is 4.68 Å². The Kier molecular flexibility index (Phi) is 2.76. The molecule has 0 spiro atoms. The number of hydrogen-bond donors (Lipinski definition) is 1. The fourth-order valence-electron chi connectivity index (χ4n) is 3.22. The molecule has 4 nitrogen and oxygen atoms in total. The molecule has 0 atom stereocenters. The Morgan fingerprint density at radius 1 is 1.15 bits per heavy atom. The minimum absolute atomic E-state index is 0.591. The lowest BCUT2D eigenvalue weighted by molar-refractivity contribution is 0.468. The average Bonchev–Trinajstić information content (AvgIpc) is 2.96. The molecular formula is C16H20N4. The molecule has 4 heteroatoms. The van der Waals surface area contributed by atoms with Gasteiger partial charge < -0.3 is 5.73 Å². The van der Waals surface area contributed by atoms with Crippen LogP contribution in [0.1, 0.15) is 56.0 Å². The molecule has 2 N–H and O–H groups in total. The first-order valence-electron chi connectivity index (χ1n) is 7.62. The summed E-state index contributed by atoms with van der Waals surface area (Å²) in [6.45, 7) is 0. The maximum absolute atomic E-state index is 5.98. The van der Waals surface area contributed by atoms with Crippen LogP contribution in [0.4, 0.5) is 5.82 Å². The van der Waals surface area contributed by atoms with Crippen LogP contribution in [-0.2, 0) is 0 Å². The molecule has 2 aliphatic rings. The van der Waals surface area contributed by atoms with E-state index in [1.807, 2.05) is 6.20 Å². The van der Waals surface area contributed by atoms with E-state index in [2.05, 4.69) is 28.0 Å². The monoisotopic (exact) mass is 268 g/mol. The summed E-state index contributed by atoms with van der Waals surface area (Å²) in [4.78, 5) is 4.35. The summed E-state index contributed by atoms with van der Waals surface area (Å²) in [5.74, 6) is 1.31. The average molecular weight is 268 g/mol. The van der Waals surface area contributed by atoms with Crippen molar-refractivity contribution < 1.29 is 0 Å². The second-order valence-corrected chi connectivity index (χ2v) is 6.09. The van der Waals surface area contributed by atoms with Crippen LogP contribution < -0.4 is 5.73 Å². The molecule has 2 aromatic heterocycles. The van der Waals surface area contributed by atoms with E-state index in [1.165, 1.54) is 44.1 Å². The van der Waals surface area contributed by atoms with Crippen molar-refractivity contribution in [3.63, 3.8) is 0 Å². The Labute approximate surface area is 119 Å². The summed E-state index contributed by atoms with van der Waals surface area (Å²) in [5.41, 5.74) is 9.30. The van der Waals surface area contributed by atoms with E-state index in [0.717, 1.165) is 11.3 Å². The number of nitrogen functional groups attached to an aromatic ring is 1. The van der Waals surface area contributed by atoms with Gasteiger partial charge in [-0.2, -0.15) is 5.10 Å². The van der Waals surface area contributed by atoms with Crippen molar-refractivity contribution in [1.29, 1.82) is 0 Å². The van der Waals surface area contributed by atoms with E-state index in [0.29, 0.717) is 17.8 Å². The van der Waals surface area contributed by atoms with Crippen LogP contribution in [-0.4, -0.2) is 14.8 Å². The van der Waals surface area contributed by atoms with Crippen molar-refractivity contribution in [1.82, 2.24) is 14.8 Å². The van der Waals surface area contributed by atoms with Gasteiger partial charge in [0.05, 0.1) is 11.7 Å². The first-order valence-corrected chi connectivity index (χ1v) is 7.62. The first-order chi connectivity index (χ1) is 9.81. The standard InChI is InChI=1S/C16H20N4/c17-16-14(11-5-6-11)9-12(10-18-16)15-7-8-20(19-15)13-3-1-2-4-13/h7-11,13H,1-6H2,(H2,17,18). The van der Waals surface area contributed by atoms with Crippen LogP contribution in [0.25, 0.3) is 11.3 Å². The van der Waals surface area contributed by atoms with Crippen LogP contribution in [0.2, 0.25) is 0 Å². The minimum Gasteiger partial charge on any atom is -0.383 e. The van der Waals surface area contributed by atoms with E-state index < -0.39 is 0 Å². The number of rotatable bonds is 3. The van der Waals surface area contributed by atoms with E-state index in [4.69, 9.17) is 10.8 Å². The molecule has 2 saturated carbocycles. The zero-order valence-corrected chi connectivity index (χ0v) is 11.6.